The van der Waals surface area contributed by atoms with Crippen molar-refractivity contribution in [2.45, 2.75) is 6.54 Å². The molecule has 0 spiro atoms. The standard InChI is InChI=1S/C14H12Cl2N2O/c1-18(9-11-4-2-3-7-17-11)14(19)10-5-6-12(15)13(16)8-10/h2-8H,9H2,1H3. The molecule has 0 unspecified atom stereocenters. The summed E-state index contributed by atoms with van der Waals surface area (Å²) in [6.45, 7) is 0.444. The van der Waals surface area contributed by atoms with Gasteiger partial charge in [-0.2, -0.15) is 0 Å². The highest BCUT2D eigenvalue weighted by atomic mass is 35.5. The van der Waals surface area contributed by atoms with E-state index in [0.29, 0.717) is 22.2 Å². The Balaban J connectivity index is 2.12. The van der Waals surface area contributed by atoms with Crippen molar-refractivity contribution in [3.8, 4) is 0 Å². The van der Waals surface area contributed by atoms with E-state index in [9.17, 15) is 4.79 Å². The summed E-state index contributed by atoms with van der Waals surface area (Å²) in [4.78, 5) is 18.0. The summed E-state index contributed by atoms with van der Waals surface area (Å²) in [6, 6.07) is 10.4. The van der Waals surface area contributed by atoms with Gasteiger partial charge in [-0.1, -0.05) is 29.3 Å². The third-order valence-corrected chi connectivity index (χ3v) is 3.38. The van der Waals surface area contributed by atoms with Crippen LogP contribution in [0.2, 0.25) is 10.0 Å². The highest BCUT2D eigenvalue weighted by molar-refractivity contribution is 6.42. The van der Waals surface area contributed by atoms with Gasteiger partial charge in [0, 0.05) is 18.8 Å². The summed E-state index contributed by atoms with van der Waals surface area (Å²) < 4.78 is 0. The first-order valence-electron chi connectivity index (χ1n) is 5.68. The van der Waals surface area contributed by atoms with Crippen LogP contribution in [-0.4, -0.2) is 22.8 Å². The van der Waals surface area contributed by atoms with Crippen molar-refractivity contribution >= 4 is 29.1 Å². The van der Waals surface area contributed by atoms with E-state index >= 15 is 0 Å². The third-order valence-electron chi connectivity index (χ3n) is 2.64. The maximum absolute atomic E-state index is 12.2. The van der Waals surface area contributed by atoms with Gasteiger partial charge >= 0.3 is 0 Å². The lowest BCUT2D eigenvalue weighted by atomic mass is 10.2. The van der Waals surface area contributed by atoms with Crippen LogP contribution >= 0.6 is 23.2 Å². The summed E-state index contributed by atoms with van der Waals surface area (Å²) in [7, 11) is 1.72. The number of nitrogens with zero attached hydrogens (tertiary/aromatic N) is 2. The molecule has 1 heterocycles. The molecule has 5 heteroatoms. The van der Waals surface area contributed by atoms with Crippen molar-refractivity contribution in [1.82, 2.24) is 9.88 Å². The SMILES string of the molecule is CN(Cc1ccccn1)C(=O)c1ccc(Cl)c(Cl)c1. The fraction of sp³-hybridized carbons (Fsp3) is 0.143. The Kier molecular flexibility index (Phi) is 4.40. The second-order valence-corrected chi connectivity index (χ2v) is 4.93. The van der Waals surface area contributed by atoms with E-state index in [2.05, 4.69) is 4.98 Å². The van der Waals surface area contributed by atoms with Crippen molar-refractivity contribution < 1.29 is 4.79 Å². The van der Waals surface area contributed by atoms with Crippen LogP contribution < -0.4 is 0 Å². The third kappa shape index (κ3) is 3.46. The molecule has 0 N–H and O–H groups in total. The molecular weight excluding hydrogens is 283 g/mol. The molecule has 1 aromatic carbocycles. The van der Waals surface area contributed by atoms with Crippen LogP contribution in [0.4, 0.5) is 0 Å². The highest BCUT2D eigenvalue weighted by Crippen LogP contribution is 2.23. The van der Waals surface area contributed by atoms with Crippen LogP contribution in [0.1, 0.15) is 16.1 Å². The first-order chi connectivity index (χ1) is 9.08. The summed E-state index contributed by atoms with van der Waals surface area (Å²) in [6.07, 6.45) is 1.70. The lowest BCUT2D eigenvalue weighted by Gasteiger charge is -2.17. The zero-order valence-electron chi connectivity index (χ0n) is 10.3. The zero-order chi connectivity index (χ0) is 13.8. The number of hydrogen-bond acceptors (Lipinski definition) is 2. The quantitative estimate of drug-likeness (QED) is 0.865. The van der Waals surface area contributed by atoms with Gasteiger partial charge in [0.15, 0.2) is 0 Å². The van der Waals surface area contributed by atoms with Crippen molar-refractivity contribution in [2.24, 2.45) is 0 Å². The van der Waals surface area contributed by atoms with Crippen molar-refractivity contribution in [2.75, 3.05) is 7.05 Å². The fourth-order valence-electron chi connectivity index (χ4n) is 1.66. The number of hydrogen-bond donors (Lipinski definition) is 0. The maximum Gasteiger partial charge on any atom is 0.254 e. The van der Waals surface area contributed by atoms with E-state index in [1.54, 1.807) is 36.3 Å². The number of carbonyl (C=O) groups is 1. The first-order valence-corrected chi connectivity index (χ1v) is 6.44. The molecule has 0 atom stereocenters. The van der Waals surface area contributed by atoms with E-state index in [-0.39, 0.29) is 5.91 Å². The predicted octanol–water partition coefficient (Wildman–Crippen LogP) is 3.66. The molecule has 1 aromatic heterocycles. The van der Waals surface area contributed by atoms with E-state index in [0.717, 1.165) is 5.69 Å². The summed E-state index contributed by atoms with van der Waals surface area (Å²) in [5.41, 5.74) is 1.34. The van der Waals surface area contributed by atoms with E-state index < -0.39 is 0 Å². The first kappa shape index (κ1) is 13.8. The lowest BCUT2D eigenvalue weighted by molar-refractivity contribution is 0.0783. The van der Waals surface area contributed by atoms with Gasteiger partial charge in [-0.25, -0.2) is 0 Å². The Labute approximate surface area is 121 Å². The molecule has 98 valence electrons. The fourth-order valence-corrected chi connectivity index (χ4v) is 1.95. The molecule has 3 nitrogen and oxygen atoms in total. The van der Waals surface area contributed by atoms with Crippen LogP contribution in [-0.2, 0) is 6.54 Å². The molecule has 0 fully saturated rings. The molecule has 2 rings (SSSR count). The number of amides is 1. The second kappa shape index (κ2) is 6.04. The summed E-state index contributed by atoms with van der Waals surface area (Å²) in [5, 5.41) is 0.810. The Morgan fingerprint density at radius 3 is 2.63 bits per heavy atom. The Morgan fingerprint density at radius 1 is 1.21 bits per heavy atom. The number of halogens is 2. The number of carbonyl (C=O) groups excluding carboxylic acids is 1. The minimum atomic E-state index is -0.121. The topological polar surface area (TPSA) is 33.2 Å². The smallest absolute Gasteiger partial charge is 0.254 e. The molecule has 0 bridgehead atoms. The van der Waals surface area contributed by atoms with Gasteiger partial charge in [0.25, 0.3) is 5.91 Å². The summed E-state index contributed by atoms with van der Waals surface area (Å²) in [5.74, 6) is -0.121. The molecule has 0 saturated heterocycles. The minimum absolute atomic E-state index is 0.121. The van der Waals surface area contributed by atoms with Gasteiger partial charge in [-0.15, -0.1) is 0 Å². The molecule has 1 amide bonds. The van der Waals surface area contributed by atoms with Gasteiger partial charge in [0.2, 0.25) is 0 Å². The molecule has 0 saturated carbocycles. The van der Waals surface area contributed by atoms with Crippen molar-refractivity contribution in [3.63, 3.8) is 0 Å². The van der Waals surface area contributed by atoms with Gasteiger partial charge in [-0.05, 0) is 30.3 Å². The van der Waals surface area contributed by atoms with Crippen LogP contribution in [0.15, 0.2) is 42.6 Å². The van der Waals surface area contributed by atoms with E-state index in [1.807, 2.05) is 18.2 Å². The van der Waals surface area contributed by atoms with Gasteiger partial charge < -0.3 is 4.90 Å². The Bertz CT molecular complexity index is 587. The van der Waals surface area contributed by atoms with Gasteiger partial charge in [-0.3, -0.25) is 9.78 Å². The second-order valence-electron chi connectivity index (χ2n) is 4.11. The summed E-state index contributed by atoms with van der Waals surface area (Å²) >= 11 is 11.7. The van der Waals surface area contributed by atoms with E-state index in [1.165, 1.54) is 0 Å². The van der Waals surface area contributed by atoms with Crippen molar-refractivity contribution in [3.05, 3.63) is 63.9 Å². The zero-order valence-corrected chi connectivity index (χ0v) is 11.8. The number of benzene rings is 1. The van der Waals surface area contributed by atoms with E-state index in [4.69, 9.17) is 23.2 Å². The van der Waals surface area contributed by atoms with Crippen LogP contribution in [0.5, 0.6) is 0 Å². The van der Waals surface area contributed by atoms with Gasteiger partial charge in [0.05, 0.1) is 22.3 Å². The van der Waals surface area contributed by atoms with Crippen LogP contribution in [0, 0.1) is 0 Å². The number of aromatic nitrogens is 1. The molecule has 19 heavy (non-hydrogen) atoms. The largest absolute Gasteiger partial charge is 0.336 e. The number of pyridine rings is 1. The van der Waals surface area contributed by atoms with Crippen molar-refractivity contribution in [1.29, 1.82) is 0 Å². The monoisotopic (exact) mass is 294 g/mol. The molecule has 0 radical (unpaired) electrons. The molecular formula is C14H12Cl2N2O. The van der Waals surface area contributed by atoms with Crippen LogP contribution in [0.25, 0.3) is 0 Å². The Hall–Kier alpha value is -1.58. The average Bonchev–Trinajstić information content (AvgIpc) is 2.42. The minimum Gasteiger partial charge on any atom is -0.336 e. The molecule has 2 aromatic rings. The number of rotatable bonds is 3. The molecule has 0 aliphatic carbocycles. The average molecular weight is 295 g/mol. The van der Waals surface area contributed by atoms with Gasteiger partial charge in [0.1, 0.15) is 0 Å². The Morgan fingerprint density at radius 2 is 2.00 bits per heavy atom. The lowest BCUT2D eigenvalue weighted by Crippen LogP contribution is -2.26. The van der Waals surface area contributed by atoms with Crippen LogP contribution in [0.3, 0.4) is 0 Å². The molecule has 0 aliphatic heterocycles. The maximum atomic E-state index is 12.2. The molecule has 0 aliphatic rings. The highest BCUT2D eigenvalue weighted by Gasteiger charge is 2.13. The predicted molar refractivity (Wildman–Crippen MR) is 76.5 cm³/mol. The normalized spacial score (nSPS) is 10.3.